The molecule has 2 heteroatoms. The predicted octanol–water partition coefficient (Wildman–Crippen LogP) is 5.69. The van der Waals surface area contributed by atoms with E-state index in [9.17, 15) is 9.90 Å². The fourth-order valence-electron chi connectivity index (χ4n) is 9.44. The largest absolute Gasteiger partial charge is 0.393 e. The first kappa shape index (κ1) is 18.4. The Labute approximate surface area is 165 Å². The van der Waals surface area contributed by atoms with Crippen LogP contribution in [0.25, 0.3) is 0 Å². The summed E-state index contributed by atoms with van der Waals surface area (Å²) in [5.74, 6) is 3.41. The molecule has 0 aromatic heterocycles. The van der Waals surface area contributed by atoms with Crippen LogP contribution in [0, 0.1) is 39.9 Å². The Hall–Kier alpha value is -0.630. The lowest BCUT2D eigenvalue weighted by atomic mass is 9.44. The Morgan fingerprint density at radius 1 is 1.07 bits per heavy atom. The van der Waals surface area contributed by atoms with Crippen LogP contribution in [0.15, 0.2) is 11.6 Å². The first-order valence-electron chi connectivity index (χ1n) is 11.7. The highest BCUT2D eigenvalue weighted by atomic mass is 16.3. The van der Waals surface area contributed by atoms with Crippen LogP contribution in [-0.2, 0) is 4.79 Å². The van der Waals surface area contributed by atoms with Gasteiger partial charge < -0.3 is 5.11 Å². The molecule has 0 aromatic carbocycles. The summed E-state index contributed by atoms with van der Waals surface area (Å²) in [4.78, 5) is 13.1. The van der Waals surface area contributed by atoms with Crippen LogP contribution in [0.3, 0.4) is 0 Å². The zero-order valence-corrected chi connectivity index (χ0v) is 17.6. The van der Waals surface area contributed by atoms with Gasteiger partial charge in [0.05, 0.1) is 6.10 Å². The minimum absolute atomic E-state index is 0.0193. The van der Waals surface area contributed by atoms with Gasteiger partial charge in [0.1, 0.15) is 5.78 Å². The zero-order valence-electron chi connectivity index (χ0n) is 17.6. The lowest BCUT2D eigenvalue weighted by Crippen LogP contribution is -2.55. The topological polar surface area (TPSA) is 37.3 Å². The second-order valence-corrected chi connectivity index (χ2v) is 11.3. The number of hydrogen-bond donors (Lipinski definition) is 1. The molecule has 150 valence electrons. The molecule has 0 amide bonds. The molecule has 0 aromatic rings. The first-order valence-corrected chi connectivity index (χ1v) is 11.7. The third-order valence-corrected chi connectivity index (χ3v) is 10.7. The number of rotatable bonds is 1. The van der Waals surface area contributed by atoms with Crippen LogP contribution >= 0.6 is 0 Å². The molecule has 0 radical (unpaired) electrons. The maximum absolute atomic E-state index is 13.1. The number of hydrogen-bond acceptors (Lipinski definition) is 2. The van der Waals surface area contributed by atoms with E-state index in [4.69, 9.17) is 0 Å². The van der Waals surface area contributed by atoms with Gasteiger partial charge in [-0.25, -0.2) is 0 Å². The summed E-state index contributed by atoms with van der Waals surface area (Å²) in [5, 5.41) is 10.2. The molecule has 1 N–H and O–H groups in total. The number of fused-ring (bicyclic) bond motifs is 7. The molecule has 5 aliphatic rings. The molecule has 0 bridgehead atoms. The number of aliphatic hydroxyl groups excluding tert-OH is 1. The van der Waals surface area contributed by atoms with Crippen LogP contribution in [0.1, 0.15) is 91.4 Å². The number of ketones is 1. The van der Waals surface area contributed by atoms with Crippen molar-refractivity contribution in [2.24, 2.45) is 39.9 Å². The van der Waals surface area contributed by atoms with Crippen molar-refractivity contribution < 1.29 is 9.90 Å². The Kier molecular flexibility index (Phi) is 4.05. The fourth-order valence-corrected chi connectivity index (χ4v) is 9.44. The van der Waals surface area contributed by atoms with E-state index in [2.05, 4.69) is 19.9 Å². The molecule has 0 heterocycles. The Balaban J connectivity index is 1.54. The lowest BCUT2D eigenvalue weighted by molar-refractivity contribution is -0.147. The summed E-state index contributed by atoms with van der Waals surface area (Å²) in [6.45, 7) is 6.94. The van der Waals surface area contributed by atoms with Gasteiger partial charge in [-0.1, -0.05) is 38.3 Å². The van der Waals surface area contributed by atoms with Gasteiger partial charge in [0.15, 0.2) is 0 Å². The van der Waals surface area contributed by atoms with Gasteiger partial charge in [-0.05, 0) is 99.2 Å². The van der Waals surface area contributed by atoms with Crippen LogP contribution < -0.4 is 0 Å². The molecule has 27 heavy (non-hydrogen) atoms. The van der Waals surface area contributed by atoms with Gasteiger partial charge in [-0.15, -0.1) is 0 Å². The van der Waals surface area contributed by atoms with Gasteiger partial charge >= 0.3 is 0 Å². The molecule has 4 saturated carbocycles. The second-order valence-electron chi connectivity index (χ2n) is 11.3. The highest BCUT2D eigenvalue weighted by Gasteiger charge is 2.68. The van der Waals surface area contributed by atoms with Crippen molar-refractivity contribution in [2.75, 3.05) is 0 Å². The van der Waals surface area contributed by atoms with Crippen molar-refractivity contribution >= 4 is 5.78 Å². The lowest BCUT2D eigenvalue weighted by Gasteiger charge is -2.60. The van der Waals surface area contributed by atoms with Crippen LogP contribution in [0.2, 0.25) is 0 Å². The fraction of sp³-hybridized carbons (Fsp3) is 0.880. The molecule has 2 nitrogen and oxygen atoms in total. The minimum Gasteiger partial charge on any atom is -0.393 e. The van der Waals surface area contributed by atoms with Crippen LogP contribution in [0.5, 0.6) is 0 Å². The Morgan fingerprint density at radius 2 is 1.89 bits per heavy atom. The quantitative estimate of drug-likeness (QED) is 0.602. The van der Waals surface area contributed by atoms with Gasteiger partial charge in [0, 0.05) is 5.41 Å². The third kappa shape index (κ3) is 2.20. The molecule has 5 rings (SSSR count). The van der Waals surface area contributed by atoms with Gasteiger partial charge in [0.2, 0.25) is 0 Å². The van der Waals surface area contributed by atoms with E-state index in [0.717, 1.165) is 43.4 Å². The summed E-state index contributed by atoms with van der Waals surface area (Å²) in [6, 6.07) is 0. The van der Waals surface area contributed by atoms with Crippen molar-refractivity contribution in [1.82, 2.24) is 0 Å². The molecule has 4 fully saturated rings. The summed E-state index contributed by atoms with van der Waals surface area (Å²) in [7, 11) is 0. The maximum Gasteiger partial charge on any atom is 0.136 e. The van der Waals surface area contributed by atoms with Gasteiger partial charge in [-0.2, -0.15) is 0 Å². The summed E-state index contributed by atoms with van der Waals surface area (Å²) in [6.07, 6.45) is 15.5. The minimum atomic E-state index is -0.120. The van der Waals surface area contributed by atoms with E-state index in [1.807, 2.05) is 6.92 Å². The Bertz CT molecular complexity index is 680. The van der Waals surface area contributed by atoms with E-state index < -0.39 is 0 Å². The standard InChI is InChI=1S/C25H38O2/c1-16(26)25-11-5-4-6-18(25)15-22-20-8-7-17-14-19(27)9-12-23(17,2)21(20)10-13-24(22,25)3/h7,18-22,27H,4-6,8-15H2,1-3H3/t18-,19+,20+,21-,22+,23-,24+,25+/m0/s1. The monoisotopic (exact) mass is 370 g/mol. The van der Waals surface area contributed by atoms with Crippen LogP contribution in [-0.4, -0.2) is 17.0 Å². The third-order valence-electron chi connectivity index (χ3n) is 10.7. The number of carbonyl (C=O) groups is 1. The van der Waals surface area contributed by atoms with Crippen molar-refractivity contribution in [1.29, 1.82) is 0 Å². The number of aliphatic hydroxyl groups is 1. The molecular weight excluding hydrogens is 332 g/mol. The van der Waals surface area contributed by atoms with Crippen molar-refractivity contribution in [3.63, 3.8) is 0 Å². The Morgan fingerprint density at radius 3 is 2.67 bits per heavy atom. The molecule has 0 unspecified atom stereocenters. The van der Waals surface area contributed by atoms with Crippen molar-refractivity contribution in [2.45, 2.75) is 97.5 Å². The normalized spacial score (nSPS) is 54.2. The molecule has 0 saturated heterocycles. The van der Waals surface area contributed by atoms with Crippen molar-refractivity contribution in [3.8, 4) is 0 Å². The second kappa shape index (κ2) is 5.94. The predicted molar refractivity (Wildman–Crippen MR) is 108 cm³/mol. The van der Waals surface area contributed by atoms with Crippen molar-refractivity contribution in [3.05, 3.63) is 11.6 Å². The molecule has 5 aliphatic carbocycles. The van der Waals surface area contributed by atoms with E-state index >= 15 is 0 Å². The average Bonchev–Trinajstić information content (AvgIpc) is 2.92. The van der Waals surface area contributed by atoms with Gasteiger partial charge in [-0.3, -0.25) is 4.79 Å². The SMILES string of the molecule is CC(=O)[C@]12CCCC[C@H]1C[C@@H]1[C@@H]3CC=C4C[C@H](O)CC[C@]4(C)[C@H]3CC[C@]12C. The van der Waals surface area contributed by atoms with E-state index in [1.165, 1.54) is 44.9 Å². The highest BCUT2D eigenvalue weighted by Crippen LogP contribution is 2.73. The zero-order chi connectivity index (χ0) is 19.0. The highest BCUT2D eigenvalue weighted by molar-refractivity contribution is 5.84. The van der Waals surface area contributed by atoms with Gasteiger partial charge in [0.25, 0.3) is 0 Å². The number of allylic oxidation sites excluding steroid dienone is 1. The van der Waals surface area contributed by atoms with E-state index in [-0.39, 0.29) is 16.9 Å². The smallest absolute Gasteiger partial charge is 0.136 e. The number of Topliss-reactive ketones (excluding diaryl/α,β-unsaturated/α-hetero) is 1. The number of carbonyl (C=O) groups excluding carboxylic acids is 1. The summed E-state index contributed by atoms with van der Waals surface area (Å²) >= 11 is 0. The molecule has 8 atom stereocenters. The molecule has 0 spiro atoms. The average molecular weight is 371 g/mol. The summed E-state index contributed by atoms with van der Waals surface area (Å²) in [5.41, 5.74) is 2.07. The maximum atomic E-state index is 13.1. The van der Waals surface area contributed by atoms with E-state index in [1.54, 1.807) is 5.57 Å². The van der Waals surface area contributed by atoms with Crippen LogP contribution in [0.4, 0.5) is 0 Å². The first-order chi connectivity index (χ1) is 12.8. The van der Waals surface area contributed by atoms with E-state index in [0.29, 0.717) is 17.1 Å². The molecular formula is C25H38O2. The summed E-state index contributed by atoms with van der Waals surface area (Å²) < 4.78 is 0. The molecule has 0 aliphatic heterocycles.